The maximum atomic E-state index is 6.05. The molecular formula is C15H22BrNO2. The summed E-state index contributed by atoms with van der Waals surface area (Å²) in [6, 6.07) is 5.96. The summed E-state index contributed by atoms with van der Waals surface area (Å²) in [5, 5.41) is 0. The molecule has 1 aromatic carbocycles. The first-order valence-electron chi connectivity index (χ1n) is 6.86. The lowest BCUT2D eigenvalue weighted by Crippen LogP contribution is -2.35. The van der Waals surface area contributed by atoms with Crippen molar-refractivity contribution in [3.05, 3.63) is 22.7 Å². The van der Waals surface area contributed by atoms with Crippen LogP contribution in [0.15, 0.2) is 22.7 Å². The molecule has 1 fully saturated rings. The number of nitrogens with zero attached hydrogens (tertiary/aromatic N) is 1. The number of hydrogen-bond donors (Lipinski definition) is 0. The van der Waals surface area contributed by atoms with Crippen LogP contribution < -0.4 is 9.47 Å². The molecule has 1 aliphatic rings. The third-order valence-corrected chi connectivity index (χ3v) is 3.89. The van der Waals surface area contributed by atoms with Gasteiger partial charge in [-0.15, -0.1) is 0 Å². The molecule has 0 saturated carbocycles. The van der Waals surface area contributed by atoms with Crippen LogP contribution in [0.5, 0.6) is 11.5 Å². The number of ether oxygens (including phenoxy) is 2. The second-order valence-electron chi connectivity index (χ2n) is 5.38. The van der Waals surface area contributed by atoms with Gasteiger partial charge < -0.3 is 14.4 Å². The molecule has 1 saturated heterocycles. The van der Waals surface area contributed by atoms with E-state index in [0.717, 1.165) is 41.9 Å². The largest absolute Gasteiger partial charge is 0.490 e. The van der Waals surface area contributed by atoms with Crippen molar-refractivity contribution >= 4 is 15.9 Å². The van der Waals surface area contributed by atoms with E-state index in [0.29, 0.717) is 6.10 Å². The molecule has 0 aromatic heterocycles. The Hall–Kier alpha value is -0.740. The molecule has 4 heteroatoms. The molecule has 0 spiro atoms. The third kappa shape index (κ3) is 4.39. The van der Waals surface area contributed by atoms with Gasteiger partial charge in [0.2, 0.25) is 0 Å². The Balaban J connectivity index is 2.00. The summed E-state index contributed by atoms with van der Waals surface area (Å²) >= 11 is 3.50. The second kappa shape index (κ2) is 6.62. The average Bonchev–Trinajstić information content (AvgIpc) is 2.36. The zero-order valence-corrected chi connectivity index (χ0v) is 13.4. The highest BCUT2D eigenvalue weighted by Crippen LogP contribution is 2.31. The monoisotopic (exact) mass is 327 g/mol. The van der Waals surface area contributed by atoms with E-state index in [1.807, 2.05) is 32.0 Å². The number of hydrogen-bond acceptors (Lipinski definition) is 3. The van der Waals surface area contributed by atoms with E-state index in [9.17, 15) is 0 Å². The van der Waals surface area contributed by atoms with Crippen LogP contribution in [-0.2, 0) is 0 Å². The maximum absolute atomic E-state index is 6.05. The molecule has 0 amide bonds. The van der Waals surface area contributed by atoms with Crippen LogP contribution in [0.25, 0.3) is 0 Å². The summed E-state index contributed by atoms with van der Waals surface area (Å²) in [5.74, 6) is 1.74. The number of halogens is 1. The molecule has 106 valence electrons. The van der Waals surface area contributed by atoms with Gasteiger partial charge in [0, 0.05) is 19.2 Å². The van der Waals surface area contributed by atoms with Gasteiger partial charge in [0.25, 0.3) is 0 Å². The highest BCUT2D eigenvalue weighted by Gasteiger charge is 2.18. The minimum absolute atomic E-state index is 0.162. The predicted octanol–water partition coefficient (Wildman–Crippen LogP) is 3.71. The van der Waals surface area contributed by atoms with Crippen molar-refractivity contribution in [1.82, 2.24) is 4.90 Å². The first-order valence-corrected chi connectivity index (χ1v) is 7.65. The van der Waals surface area contributed by atoms with Crippen molar-refractivity contribution in [2.24, 2.45) is 0 Å². The van der Waals surface area contributed by atoms with E-state index in [1.165, 1.54) is 0 Å². The fourth-order valence-electron chi connectivity index (χ4n) is 2.20. The van der Waals surface area contributed by atoms with Crippen LogP contribution in [0.1, 0.15) is 26.7 Å². The minimum atomic E-state index is 0.162. The molecular weight excluding hydrogens is 306 g/mol. The van der Waals surface area contributed by atoms with Crippen LogP contribution in [0.2, 0.25) is 0 Å². The molecule has 0 aliphatic carbocycles. The van der Waals surface area contributed by atoms with E-state index in [1.54, 1.807) is 0 Å². The van der Waals surface area contributed by atoms with Gasteiger partial charge in [0.05, 0.1) is 10.6 Å². The summed E-state index contributed by atoms with van der Waals surface area (Å²) in [6.07, 6.45) is 2.67. The summed E-state index contributed by atoms with van der Waals surface area (Å²) < 4.78 is 12.8. The van der Waals surface area contributed by atoms with Gasteiger partial charge in [0.1, 0.15) is 17.6 Å². The molecule has 3 nitrogen and oxygen atoms in total. The molecule has 2 rings (SSSR count). The minimum Gasteiger partial charge on any atom is -0.490 e. The highest BCUT2D eigenvalue weighted by molar-refractivity contribution is 9.10. The Labute approximate surface area is 124 Å². The lowest BCUT2D eigenvalue weighted by atomic mass is 10.1. The van der Waals surface area contributed by atoms with Crippen molar-refractivity contribution in [2.45, 2.75) is 38.9 Å². The Kier molecular flexibility index (Phi) is 5.11. The Bertz CT molecular complexity index is 415. The molecule has 19 heavy (non-hydrogen) atoms. The zero-order valence-electron chi connectivity index (χ0n) is 11.9. The first kappa shape index (κ1) is 14.7. The zero-order chi connectivity index (χ0) is 13.8. The molecule has 1 heterocycles. The van der Waals surface area contributed by atoms with Crippen molar-refractivity contribution in [1.29, 1.82) is 0 Å². The normalized spacial score (nSPS) is 17.7. The maximum Gasteiger partial charge on any atom is 0.137 e. The van der Waals surface area contributed by atoms with Crippen molar-refractivity contribution in [3.8, 4) is 11.5 Å². The number of rotatable bonds is 4. The van der Waals surface area contributed by atoms with Gasteiger partial charge >= 0.3 is 0 Å². The summed E-state index contributed by atoms with van der Waals surface area (Å²) in [6.45, 7) is 6.26. The Morgan fingerprint density at radius 2 is 1.95 bits per heavy atom. The molecule has 0 radical (unpaired) electrons. The van der Waals surface area contributed by atoms with Crippen LogP contribution in [0.3, 0.4) is 0 Å². The number of benzene rings is 1. The number of piperidine rings is 1. The summed E-state index contributed by atoms with van der Waals surface area (Å²) in [4.78, 5) is 2.34. The average molecular weight is 328 g/mol. The Morgan fingerprint density at radius 3 is 2.58 bits per heavy atom. The van der Waals surface area contributed by atoms with E-state index in [-0.39, 0.29) is 6.10 Å². The molecule has 0 unspecified atom stereocenters. The summed E-state index contributed by atoms with van der Waals surface area (Å²) in [5.41, 5.74) is 0. The van der Waals surface area contributed by atoms with E-state index < -0.39 is 0 Å². The molecule has 0 atom stereocenters. The van der Waals surface area contributed by atoms with Gasteiger partial charge in [-0.25, -0.2) is 0 Å². The lowest BCUT2D eigenvalue weighted by molar-refractivity contribution is 0.114. The fourth-order valence-corrected chi connectivity index (χ4v) is 2.54. The van der Waals surface area contributed by atoms with Crippen LogP contribution in [0.4, 0.5) is 0 Å². The predicted molar refractivity (Wildman–Crippen MR) is 81.1 cm³/mol. The third-order valence-electron chi connectivity index (χ3n) is 3.23. The summed E-state index contributed by atoms with van der Waals surface area (Å²) in [7, 11) is 2.16. The van der Waals surface area contributed by atoms with Gasteiger partial charge in [-0.2, -0.15) is 0 Å². The van der Waals surface area contributed by atoms with Crippen LogP contribution in [0, 0.1) is 0 Å². The molecule has 0 N–H and O–H groups in total. The SMILES string of the molecule is CC(C)Oc1cc(OC2CCN(C)CC2)ccc1Br. The standard InChI is InChI=1S/C15H22BrNO2/c1-11(2)18-15-10-13(4-5-14(15)16)19-12-6-8-17(3)9-7-12/h4-5,10-12H,6-9H2,1-3H3. The first-order chi connectivity index (χ1) is 9.04. The van der Waals surface area contributed by atoms with Gasteiger partial charge in [-0.05, 0) is 61.8 Å². The van der Waals surface area contributed by atoms with Gasteiger partial charge in [0.15, 0.2) is 0 Å². The van der Waals surface area contributed by atoms with Gasteiger partial charge in [-0.3, -0.25) is 0 Å². The fraction of sp³-hybridized carbons (Fsp3) is 0.600. The van der Waals surface area contributed by atoms with E-state index in [2.05, 4.69) is 27.9 Å². The second-order valence-corrected chi connectivity index (χ2v) is 6.23. The van der Waals surface area contributed by atoms with Crippen molar-refractivity contribution < 1.29 is 9.47 Å². The molecule has 1 aliphatic heterocycles. The van der Waals surface area contributed by atoms with Crippen molar-refractivity contribution in [2.75, 3.05) is 20.1 Å². The smallest absolute Gasteiger partial charge is 0.137 e. The highest BCUT2D eigenvalue weighted by atomic mass is 79.9. The quantitative estimate of drug-likeness (QED) is 0.841. The van der Waals surface area contributed by atoms with Gasteiger partial charge in [-0.1, -0.05) is 0 Å². The Morgan fingerprint density at radius 1 is 1.26 bits per heavy atom. The topological polar surface area (TPSA) is 21.7 Å². The van der Waals surface area contributed by atoms with E-state index in [4.69, 9.17) is 9.47 Å². The van der Waals surface area contributed by atoms with Crippen LogP contribution in [-0.4, -0.2) is 37.2 Å². The number of likely N-dealkylation sites (tertiary alicyclic amines) is 1. The van der Waals surface area contributed by atoms with Crippen LogP contribution >= 0.6 is 15.9 Å². The molecule has 0 bridgehead atoms. The van der Waals surface area contributed by atoms with E-state index >= 15 is 0 Å². The lowest BCUT2D eigenvalue weighted by Gasteiger charge is -2.29. The van der Waals surface area contributed by atoms with Crippen molar-refractivity contribution in [3.63, 3.8) is 0 Å². The molecule has 1 aromatic rings.